The molecule has 0 amide bonds. The van der Waals surface area contributed by atoms with Gasteiger partial charge in [0, 0.05) is 19.2 Å². The third-order valence-electron chi connectivity index (χ3n) is 2.32. The van der Waals surface area contributed by atoms with Gasteiger partial charge >= 0.3 is 5.97 Å². The average Bonchev–Trinajstić information content (AvgIpc) is 2.66. The van der Waals surface area contributed by atoms with Gasteiger partial charge in [0.1, 0.15) is 6.04 Å². The Morgan fingerprint density at radius 2 is 2.38 bits per heavy atom. The zero-order valence-electron chi connectivity index (χ0n) is 9.46. The van der Waals surface area contributed by atoms with Crippen LogP contribution in [0, 0.1) is 0 Å². The maximum absolute atomic E-state index is 10.5. The molecule has 1 rings (SSSR count). The van der Waals surface area contributed by atoms with E-state index in [2.05, 4.69) is 17.2 Å². The molecule has 1 atom stereocenters. The van der Waals surface area contributed by atoms with Gasteiger partial charge in [-0.05, 0) is 6.42 Å². The predicted molar refractivity (Wildman–Crippen MR) is 58.9 cm³/mol. The summed E-state index contributed by atoms with van der Waals surface area (Å²) in [7, 11) is 0. The van der Waals surface area contributed by atoms with Crippen LogP contribution in [0.4, 0.5) is 0 Å². The van der Waals surface area contributed by atoms with Gasteiger partial charge in [0.15, 0.2) is 0 Å². The molecule has 0 aliphatic rings. The normalized spacial score (nSPS) is 12.6. The molecule has 0 saturated carbocycles. The summed E-state index contributed by atoms with van der Waals surface area (Å²) in [6, 6.07) is -0.902. The summed E-state index contributed by atoms with van der Waals surface area (Å²) in [5, 5.41) is 16.4. The number of carboxylic acids is 1. The monoisotopic (exact) mass is 226 g/mol. The number of nitrogens with two attached hydrogens (primary N) is 1. The second kappa shape index (κ2) is 6.22. The van der Waals surface area contributed by atoms with Crippen LogP contribution in [0.25, 0.3) is 0 Å². The average molecular weight is 226 g/mol. The Bertz CT molecular complexity index is 337. The van der Waals surface area contributed by atoms with Gasteiger partial charge < -0.3 is 10.8 Å². The van der Waals surface area contributed by atoms with Crippen molar-refractivity contribution in [1.82, 2.24) is 15.0 Å². The second-order valence-electron chi connectivity index (χ2n) is 3.83. The lowest BCUT2D eigenvalue weighted by molar-refractivity contribution is -0.138. The van der Waals surface area contributed by atoms with Crippen molar-refractivity contribution in [3.63, 3.8) is 0 Å². The van der Waals surface area contributed by atoms with Crippen molar-refractivity contribution in [2.24, 2.45) is 5.73 Å². The number of nitrogens with zero attached hydrogens (tertiary/aromatic N) is 3. The molecule has 0 bridgehead atoms. The van der Waals surface area contributed by atoms with Crippen LogP contribution < -0.4 is 5.73 Å². The summed E-state index contributed by atoms with van der Waals surface area (Å²) in [4.78, 5) is 10.5. The number of carbonyl (C=O) groups is 1. The minimum absolute atomic E-state index is 0.225. The molecule has 3 N–H and O–H groups in total. The molecule has 6 nitrogen and oxygen atoms in total. The van der Waals surface area contributed by atoms with Crippen molar-refractivity contribution in [3.8, 4) is 0 Å². The Morgan fingerprint density at radius 1 is 1.62 bits per heavy atom. The Hall–Kier alpha value is -1.43. The minimum Gasteiger partial charge on any atom is -0.480 e. The van der Waals surface area contributed by atoms with Crippen molar-refractivity contribution >= 4 is 5.97 Å². The number of hydrogen-bond donors (Lipinski definition) is 2. The van der Waals surface area contributed by atoms with Crippen LogP contribution in [-0.4, -0.2) is 32.1 Å². The molecule has 0 aromatic carbocycles. The number of unbranched alkanes of at least 4 members (excludes halogenated alkanes) is 2. The second-order valence-corrected chi connectivity index (χ2v) is 3.83. The smallest absolute Gasteiger partial charge is 0.320 e. The van der Waals surface area contributed by atoms with E-state index in [0.717, 1.165) is 25.8 Å². The lowest BCUT2D eigenvalue weighted by atomic mass is 10.2. The third-order valence-corrected chi connectivity index (χ3v) is 2.32. The Morgan fingerprint density at radius 3 is 3.00 bits per heavy atom. The van der Waals surface area contributed by atoms with E-state index in [1.807, 2.05) is 0 Å². The summed E-state index contributed by atoms with van der Waals surface area (Å²) >= 11 is 0. The van der Waals surface area contributed by atoms with Crippen molar-refractivity contribution in [2.45, 2.75) is 45.2 Å². The summed E-state index contributed by atoms with van der Waals surface area (Å²) < 4.78 is 1.74. The third kappa shape index (κ3) is 3.98. The zero-order chi connectivity index (χ0) is 12.0. The standard InChI is InChI=1S/C10H18N4O2/c1-2-3-4-5-14-7-8(12-13-14)6-9(11)10(15)16/h7,9H,2-6,11H2,1H3,(H,15,16)/t9-/m1/s1. The summed E-state index contributed by atoms with van der Waals surface area (Å²) in [6.07, 6.45) is 5.36. The number of aliphatic carboxylic acids is 1. The fourth-order valence-corrected chi connectivity index (χ4v) is 1.38. The predicted octanol–water partition coefficient (Wildman–Crippen LogP) is 0.423. The summed E-state index contributed by atoms with van der Waals surface area (Å²) in [5.41, 5.74) is 6.03. The SMILES string of the molecule is CCCCCn1cc(C[C@@H](N)C(=O)O)nn1. The fraction of sp³-hybridized carbons (Fsp3) is 0.700. The van der Waals surface area contributed by atoms with Gasteiger partial charge in [-0.25, -0.2) is 0 Å². The van der Waals surface area contributed by atoms with Gasteiger partial charge in [-0.1, -0.05) is 25.0 Å². The van der Waals surface area contributed by atoms with E-state index in [-0.39, 0.29) is 6.42 Å². The Kier molecular flexibility index (Phi) is 4.91. The maximum Gasteiger partial charge on any atom is 0.320 e. The summed E-state index contributed by atoms with van der Waals surface area (Å²) in [5.74, 6) is -1.01. The number of aromatic nitrogens is 3. The Labute approximate surface area is 94.4 Å². The van der Waals surface area contributed by atoms with Gasteiger partial charge in [-0.3, -0.25) is 9.48 Å². The first-order valence-corrected chi connectivity index (χ1v) is 5.51. The van der Waals surface area contributed by atoms with Crippen molar-refractivity contribution < 1.29 is 9.90 Å². The van der Waals surface area contributed by atoms with Crippen molar-refractivity contribution in [3.05, 3.63) is 11.9 Å². The van der Waals surface area contributed by atoms with Crippen LogP contribution >= 0.6 is 0 Å². The molecular weight excluding hydrogens is 208 g/mol. The highest BCUT2D eigenvalue weighted by molar-refractivity contribution is 5.73. The zero-order valence-corrected chi connectivity index (χ0v) is 9.46. The summed E-state index contributed by atoms with van der Waals surface area (Å²) in [6.45, 7) is 2.96. The molecular formula is C10H18N4O2. The number of rotatable bonds is 7. The molecule has 0 radical (unpaired) electrons. The van der Waals surface area contributed by atoms with Crippen LogP contribution in [0.3, 0.4) is 0 Å². The molecule has 0 fully saturated rings. The van der Waals surface area contributed by atoms with E-state index in [4.69, 9.17) is 10.8 Å². The van der Waals surface area contributed by atoms with Gasteiger partial charge in [0.2, 0.25) is 0 Å². The molecule has 90 valence electrons. The van der Waals surface area contributed by atoms with Crippen LogP contribution in [0.2, 0.25) is 0 Å². The van der Waals surface area contributed by atoms with E-state index in [0.29, 0.717) is 5.69 Å². The number of hydrogen-bond acceptors (Lipinski definition) is 4. The fourth-order valence-electron chi connectivity index (χ4n) is 1.38. The first kappa shape index (κ1) is 12.6. The molecule has 6 heteroatoms. The van der Waals surface area contributed by atoms with Crippen LogP contribution in [0.15, 0.2) is 6.20 Å². The van der Waals surface area contributed by atoms with Crippen LogP contribution in [0.1, 0.15) is 31.9 Å². The molecule has 0 spiro atoms. The first-order chi connectivity index (χ1) is 7.63. The highest BCUT2D eigenvalue weighted by Gasteiger charge is 2.14. The number of aryl methyl sites for hydroxylation is 1. The first-order valence-electron chi connectivity index (χ1n) is 5.51. The van der Waals surface area contributed by atoms with Crippen molar-refractivity contribution in [1.29, 1.82) is 0 Å². The van der Waals surface area contributed by atoms with E-state index < -0.39 is 12.0 Å². The van der Waals surface area contributed by atoms with Crippen molar-refractivity contribution in [2.75, 3.05) is 0 Å². The lowest BCUT2D eigenvalue weighted by Gasteiger charge is -2.01. The van der Waals surface area contributed by atoms with Crippen LogP contribution in [-0.2, 0) is 17.8 Å². The highest BCUT2D eigenvalue weighted by Crippen LogP contribution is 2.01. The van der Waals surface area contributed by atoms with Gasteiger partial charge in [0.05, 0.1) is 5.69 Å². The molecule has 1 heterocycles. The largest absolute Gasteiger partial charge is 0.480 e. The molecule has 1 aromatic rings. The maximum atomic E-state index is 10.5. The lowest BCUT2D eigenvalue weighted by Crippen LogP contribution is -2.32. The van der Waals surface area contributed by atoms with E-state index in [1.54, 1.807) is 10.9 Å². The molecule has 0 aliphatic carbocycles. The Balaban J connectivity index is 2.42. The minimum atomic E-state index is -1.01. The molecule has 0 unspecified atom stereocenters. The highest BCUT2D eigenvalue weighted by atomic mass is 16.4. The molecule has 0 saturated heterocycles. The van der Waals surface area contributed by atoms with E-state index in [9.17, 15) is 4.79 Å². The van der Waals surface area contributed by atoms with Gasteiger partial charge in [0.25, 0.3) is 0 Å². The quantitative estimate of drug-likeness (QED) is 0.657. The van der Waals surface area contributed by atoms with E-state index >= 15 is 0 Å². The van der Waals surface area contributed by atoms with Gasteiger partial charge in [-0.2, -0.15) is 0 Å². The van der Waals surface area contributed by atoms with E-state index in [1.165, 1.54) is 0 Å². The molecule has 0 aliphatic heterocycles. The molecule has 16 heavy (non-hydrogen) atoms. The molecule has 1 aromatic heterocycles. The number of carboxylic acid groups (broad SMARTS) is 1. The topological polar surface area (TPSA) is 94.0 Å². The van der Waals surface area contributed by atoms with Gasteiger partial charge in [-0.15, -0.1) is 5.10 Å². The van der Waals surface area contributed by atoms with Crippen LogP contribution in [0.5, 0.6) is 0 Å².